The van der Waals surface area contributed by atoms with E-state index in [-0.39, 0.29) is 9.97 Å². The van der Waals surface area contributed by atoms with Gasteiger partial charge in [-0.3, -0.25) is 0 Å². The number of aliphatic hydroxyl groups excluding tert-OH is 1. The number of fused-ring (bicyclic) bond motifs is 1. The van der Waals surface area contributed by atoms with Crippen LogP contribution in [0.15, 0.2) is 0 Å². The van der Waals surface area contributed by atoms with E-state index in [9.17, 15) is 18.3 Å². The Morgan fingerprint density at radius 2 is 2.06 bits per heavy atom. The fourth-order valence-corrected chi connectivity index (χ4v) is 2.09. The second kappa shape index (κ2) is 3.89. The van der Waals surface area contributed by atoms with Gasteiger partial charge in [0.15, 0.2) is 0 Å². The van der Waals surface area contributed by atoms with Crippen LogP contribution in [-0.2, 0) is 6.18 Å². The molecular formula is C7H8F3N5OS. The van der Waals surface area contributed by atoms with E-state index in [1.807, 2.05) is 0 Å². The van der Waals surface area contributed by atoms with Gasteiger partial charge >= 0.3 is 6.18 Å². The molecule has 10 heteroatoms. The predicted octanol–water partition coefficient (Wildman–Crippen LogP) is 0.585. The number of aromatic nitrogens is 4. The van der Waals surface area contributed by atoms with Crippen molar-refractivity contribution >= 4 is 16.3 Å². The van der Waals surface area contributed by atoms with E-state index >= 15 is 0 Å². The van der Waals surface area contributed by atoms with Crippen molar-refractivity contribution in [3.8, 4) is 0 Å². The highest BCUT2D eigenvalue weighted by Crippen LogP contribution is 2.30. The van der Waals surface area contributed by atoms with E-state index < -0.39 is 24.1 Å². The first kappa shape index (κ1) is 12.2. The molecule has 0 bridgehead atoms. The number of hydrogen-bond donors (Lipinski definition) is 2. The average molecular weight is 267 g/mol. The van der Waals surface area contributed by atoms with Gasteiger partial charge in [-0.2, -0.15) is 22.8 Å². The summed E-state index contributed by atoms with van der Waals surface area (Å²) in [5.74, 6) is -1.20. The van der Waals surface area contributed by atoms with Crippen molar-refractivity contribution in [3.05, 3.63) is 10.8 Å². The summed E-state index contributed by atoms with van der Waals surface area (Å²) >= 11 is 0.864. The highest BCUT2D eigenvalue weighted by Gasteiger charge is 2.38. The van der Waals surface area contributed by atoms with Gasteiger partial charge in [-0.1, -0.05) is 11.3 Å². The van der Waals surface area contributed by atoms with Crippen LogP contribution in [0.3, 0.4) is 0 Å². The largest absolute Gasteiger partial charge is 0.453 e. The molecule has 0 saturated carbocycles. The first-order valence-electron chi connectivity index (χ1n) is 4.53. The molecule has 2 aromatic rings. The van der Waals surface area contributed by atoms with Crippen LogP contribution in [0.1, 0.15) is 23.8 Å². The van der Waals surface area contributed by atoms with Gasteiger partial charge in [0.25, 0.3) is 5.82 Å². The maximum Gasteiger partial charge on any atom is 0.453 e. The van der Waals surface area contributed by atoms with Crippen molar-refractivity contribution in [2.75, 3.05) is 0 Å². The first-order chi connectivity index (χ1) is 7.80. The van der Waals surface area contributed by atoms with Crippen LogP contribution >= 0.6 is 11.3 Å². The van der Waals surface area contributed by atoms with Gasteiger partial charge in [0, 0.05) is 0 Å². The Balaban J connectivity index is 2.49. The molecule has 3 N–H and O–H groups in total. The maximum atomic E-state index is 12.5. The monoisotopic (exact) mass is 267 g/mol. The summed E-state index contributed by atoms with van der Waals surface area (Å²) in [5.41, 5.74) is 5.58. The SMILES string of the molecule is CC(O)C(N)c1nn2c(C(F)(F)F)nnc2s1. The van der Waals surface area contributed by atoms with Crippen molar-refractivity contribution in [1.82, 2.24) is 19.8 Å². The zero-order valence-corrected chi connectivity index (χ0v) is 9.33. The molecule has 17 heavy (non-hydrogen) atoms. The molecule has 0 spiro atoms. The molecular weight excluding hydrogens is 259 g/mol. The third-order valence-corrected chi connectivity index (χ3v) is 3.07. The van der Waals surface area contributed by atoms with E-state index in [1.54, 1.807) is 0 Å². The molecule has 2 heterocycles. The summed E-state index contributed by atoms with van der Waals surface area (Å²) in [4.78, 5) is -0.0107. The van der Waals surface area contributed by atoms with Gasteiger partial charge in [-0.15, -0.1) is 10.2 Å². The van der Waals surface area contributed by atoms with Crippen molar-refractivity contribution < 1.29 is 18.3 Å². The Morgan fingerprint density at radius 1 is 1.41 bits per heavy atom. The molecule has 2 rings (SSSR count). The summed E-state index contributed by atoms with van der Waals surface area (Å²) in [6, 6.07) is -0.845. The summed E-state index contributed by atoms with van der Waals surface area (Å²) in [6.45, 7) is 1.43. The summed E-state index contributed by atoms with van der Waals surface area (Å²) in [6.07, 6.45) is -5.53. The molecule has 2 unspecified atom stereocenters. The quantitative estimate of drug-likeness (QED) is 0.831. The standard InChI is InChI=1S/C7H8F3N5OS/c1-2(16)3(11)4-14-15-5(7(8,9)10)12-13-6(15)17-4/h2-3,16H,11H2,1H3. The van der Waals surface area contributed by atoms with Crippen LogP contribution in [0, 0.1) is 0 Å². The molecule has 6 nitrogen and oxygen atoms in total. The molecule has 0 radical (unpaired) electrons. The zero-order chi connectivity index (χ0) is 12.8. The van der Waals surface area contributed by atoms with Crippen molar-refractivity contribution in [1.29, 1.82) is 0 Å². The predicted molar refractivity (Wildman–Crippen MR) is 52.3 cm³/mol. The van der Waals surface area contributed by atoms with Gasteiger partial charge in [0.1, 0.15) is 5.01 Å². The lowest BCUT2D eigenvalue weighted by molar-refractivity contribution is -0.146. The molecule has 2 atom stereocenters. The minimum Gasteiger partial charge on any atom is -0.391 e. The smallest absolute Gasteiger partial charge is 0.391 e. The topological polar surface area (TPSA) is 89.3 Å². The van der Waals surface area contributed by atoms with Gasteiger partial charge in [0.05, 0.1) is 12.1 Å². The highest BCUT2D eigenvalue weighted by molar-refractivity contribution is 7.16. The van der Waals surface area contributed by atoms with Gasteiger partial charge in [-0.25, -0.2) is 0 Å². The molecule has 0 fully saturated rings. The Bertz CT molecular complexity index is 533. The second-order valence-corrected chi connectivity index (χ2v) is 4.41. The lowest BCUT2D eigenvalue weighted by atomic mass is 10.2. The van der Waals surface area contributed by atoms with Gasteiger partial charge < -0.3 is 10.8 Å². The van der Waals surface area contributed by atoms with Crippen LogP contribution in [0.5, 0.6) is 0 Å². The lowest BCUT2D eigenvalue weighted by Gasteiger charge is -2.09. The summed E-state index contributed by atoms with van der Waals surface area (Å²) in [5, 5.41) is 19.4. The minimum atomic E-state index is -4.63. The Morgan fingerprint density at radius 3 is 2.59 bits per heavy atom. The van der Waals surface area contributed by atoms with E-state index in [2.05, 4.69) is 15.3 Å². The number of nitrogens with two attached hydrogens (primary N) is 1. The fraction of sp³-hybridized carbons (Fsp3) is 0.571. The molecule has 0 saturated heterocycles. The molecule has 0 aliphatic heterocycles. The van der Waals surface area contributed by atoms with Crippen LogP contribution < -0.4 is 5.73 Å². The second-order valence-electron chi connectivity index (χ2n) is 3.42. The van der Waals surface area contributed by atoms with E-state index in [4.69, 9.17) is 5.73 Å². The third-order valence-electron chi connectivity index (χ3n) is 2.06. The number of rotatable bonds is 2. The maximum absolute atomic E-state index is 12.5. The van der Waals surface area contributed by atoms with Crippen LogP contribution in [0.25, 0.3) is 4.96 Å². The number of alkyl halides is 3. The van der Waals surface area contributed by atoms with Crippen molar-refractivity contribution in [2.45, 2.75) is 25.2 Å². The third kappa shape index (κ3) is 2.10. The normalized spacial score (nSPS) is 16.4. The molecule has 94 valence electrons. The zero-order valence-electron chi connectivity index (χ0n) is 8.51. The Labute approximate surface area is 96.9 Å². The molecule has 2 aromatic heterocycles. The van der Waals surface area contributed by atoms with Crippen molar-refractivity contribution in [2.24, 2.45) is 5.73 Å². The highest BCUT2D eigenvalue weighted by atomic mass is 32.1. The van der Waals surface area contributed by atoms with Crippen molar-refractivity contribution in [3.63, 3.8) is 0 Å². The average Bonchev–Trinajstić information content (AvgIpc) is 2.71. The number of hydrogen-bond acceptors (Lipinski definition) is 6. The lowest BCUT2D eigenvalue weighted by Crippen LogP contribution is -2.23. The molecule has 0 aliphatic carbocycles. The first-order valence-corrected chi connectivity index (χ1v) is 5.35. The van der Waals surface area contributed by atoms with Gasteiger partial charge in [-0.05, 0) is 6.92 Å². The number of aliphatic hydroxyl groups is 1. The van der Waals surface area contributed by atoms with Crippen LogP contribution in [0.4, 0.5) is 13.2 Å². The molecule has 0 amide bonds. The van der Waals surface area contributed by atoms with E-state index in [0.717, 1.165) is 11.3 Å². The van der Waals surface area contributed by atoms with Crippen LogP contribution in [0.2, 0.25) is 0 Å². The Hall–Kier alpha value is -1.26. The fourth-order valence-electron chi connectivity index (χ4n) is 1.15. The number of nitrogens with zero attached hydrogens (tertiary/aromatic N) is 4. The van der Waals surface area contributed by atoms with Gasteiger partial charge in [0.2, 0.25) is 4.96 Å². The summed E-state index contributed by atoms with van der Waals surface area (Å²) < 4.78 is 38.0. The molecule has 0 aliphatic rings. The van der Waals surface area contributed by atoms with E-state index in [0.29, 0.717) is 4.52 Å². The Kier molecular flexibility index (Phi) is 2.79. The summed E-state index contributed by atoms with van der Waals surface area (Å²) in [7, 11) is 0. The van der Waals surface area contributed by atoms with Crippen LogP contribution in [-0.4, -0.2) is 31.0 Å². The van der Waals surface area contributed by atoms with E-state index in [1.165, 1.54) is 6.92 Å². The molecule has 0 aromatic carbocycles. The minimum absolute atomic E-state index is 0.0107. The number of halogens is 3.